The van der Waals surface area contributed by atoms with Crippen molar-refractivity contribution in [2.75, 3.05) is 0 Å². The molecule has 0 amide bonds. The van der Waals surface area contributed by atoms with Crippen LogP contribution in [0.5, 0.6) is 0 Å². The fourth-order valence-electron chi connectivity index (χ4n) is 0.246. The minimum absolute atomic E-state index is 0. The van der Waals surface area contributed by atoms with Gasteiger partial charge in [-0.3, -0.25) is 0 Å². The summed E-state index contributed by atoms with van der Waals surface area (Å²) in [4.78, 5) is 19.4. The second-order valence-corrected chi connectivity index (χ2v) is 1.44. The van der Waals surface area contributed by atoms with Crippen LogP contribution in [0.2, 0.25) is 0 Å². The van der Waals surface area contributed by atoms with Gasteiger partial charge < -0.3 is 19.8 Å². The third-order valence-corrected chi connectivity index (χ3v) is 0.646. The van der Waals surface area contributed by atoms with E-state index in [0.717, 1.165) is 0 Å². The molecule has 0 radical (unpaired) electrons. The Bertz CT molecular complexity index is 163. The van der Waals surface area contributed by atoms with Crippen molar-refractivity contribution in [1.82, 2.24) is 0 Å². The molecule has 0 heterocycles. The number of rotatable bonds is 3. The van der Waals surface area contributed by atoms with Gasteiger partial charge in [0.1, 0.15) is 0 Å². The van der Waals surface area contributed by atoms with Gasteiger partial charge in [-0.25, -0.2) is 0 Å². The molecular weight excluding hydrogens is 148 g/mol. The van der Waals surface area contributed by atoms with Crippen LogP contribution in [0.1, 0.15) is 6.42 Å². The molecule has 5 heteroatoms. The number of aliphatic carboxylic acids is 2. The van der Waals surface area contributed by atoms with Gasteiger partial charge in [0, 0.05) is 12.4 Å². The molecule has 0 aliphatic heterocycles. The van der Waals surface area contributed by atoms with Crippen LogP contribution < -0.4 is 10.2 Å². The average molecular weight is 152 g/mol. The minimum Gasteiger partial charge on any atom is -0.550 e. The summed E-state index contributed by atoms with van der Waals surface area (Å²) in [6.07, 6.45) is -0.678. The summed E-state index contributed by atoms with van der Waals surface area (Å²) in [5, 5.41) is 19.4. The molecule has 0 aliphatic rings. The number of hydrogen-bond acceptors (Lipinski definition) is 4. The van der Waals surface area contributed by atoms with Gasteiger partial charge in [0.2, 0.25) is 0 Å². The summed E-state index contributed by atoms with van der Waals surface area (Å²) in [5.74, 6) is -3.02. The van der Waals surface area contributed by atoms with E-state index in [4.69, 9.17) is 0 Å². The average Bonchev–Trinajstić information content (AvgIpc) is 1.63. The Balaban J connectivity index is 0. The van der Waals surface area contributed by atoms with E-state index in [1.165, 1.54) is 0 Å². The van der Waals surface area contributed by atoms with Crippen LogP contribution in [0.15, 0.2) is 12.2 Å². The first-order valence-electron chi connectivity index (χ1n) is 2.13. The van der Waals surface area contributed by atoms with Crippen molar-refractivity contribution in [2.45, 2.75) is 6.42 Å². The van der Waals surface area contributed by atoms with E-state index < -0.39 is 23.9 Å². The molecule has 0 fully saturated rings. The van der Waals surface area contributed by atoms with Gasteiger partial charge in [0.25, 0.3) is 0 Å². The molecule has 0 atom stereocenters. The Labute approximate surface area is 73.7 Å². The van der Waals surface area contributed by atoms with Crippen LogP contribution in [0.4, 0.5) is 0 Å². The summed E-state index contributed by atoms with van der Waals surface area (Å²) in [5.41, 5.74) is -0.477. The molecule has 0 aromatic heterocycles. The Morgan fingerprint density at radius 3 is 1.80 bits per heavy atom. The minimum atomic E-state index is -1.56. The summed E-state index contributed by atoms with van der Waals surface area (Å²) >= 11 is 0. The number of hydrogen-bond donors (Lipinski definition) is 0. The molecule has 0 bridgehead atoms. The maximum atomic E-state index is 9.73. The zero-order valence-electron chi connectivity index (χ0n) is 5.25. The molecule has 0 aliphatic carbocycles. The Kier molecular flexibility index (Phi) is 6.38. The maximum absolute atomic E-state index is 9.73. The van der Waals surface area contributed by atoms with Crippen molar-refractivity contribution < 1.29 is 19.8 Å². The first-order valence-corrected chi connectivity index (χ1v) is 2.13. The zero-order valence-corrected chi connectivity index (χ0v) is 6.67. The van der Waals surface area contributed by atoms with Crippen molar-refractivity contribution in [3.05, 3.63) is 12.2 Å². The van der Waals surface area contributed by atoms with Gasteiger partial charge in [-0.05, 0) is 5.57 Å². The molecule has 0 aromatic carbocycles. The van der Waals surface area contributed by atoms with E-state index in [1.54, 1.807) is 0 Å². The van der Waals surface area contributed by atoms with Crippen LogP contribution in [0.3, 0.4) is 0 Å². The van der Waals surface area contributed by atoms with Gasteiger partial charge in [-0.15, -0.1) is 0 Å². The third kappa shape index (κ3) is 5.58. The molecule has 0 saturated carbocycles. The van der Waals surface area contributed by atoms with E-state index in [1.807, 2.05) is 0 Å². The molecule has 0 spiro atoms. The second kappa shape index (κ2) is 5.25. The van der Waals surface area contributed by atoms with Crippen LogP contribution in [0.25, 0.3) is 0 Å². The van der Waals surface area contributed by atoms with E-state index in [2.05, 4.69) is 6.58 Å². The van der Waals surface area contributed by atoms with E-state index in [0.29, 0.717) is 0 Å². The summed E-state index contributed by atoms with van der Waals surface area (Å²) < 4.78 is 0. The van der Waals surface area contributed by atoms with Crippen LogP contribution in [-0.4, -0.2) is 35.0 Å². The molecular formula is C5H4MgO4. The standard InChI is InChI=1S/C5H6O4.Mg/c1-3(5(8)9)2-4(6)7;/h1-2H2,(H,6,7)(H,8,9);/q;+2/p-2. The second-order valence-electron chi connectivity index (χ2n) is 1.44. The predicted octanol–water partition coefficient (Wildman–Crippen LogP) is -2.95. The third-order valence-electron chi connectivity index (χ3n) is 0.646. The van der Waals surface area contributed by atoms with Crippen molar-refractivity contribution in [3.8, 4) is 0 Å². The van der Waals surface area contributed by atoms with E-state index in [-0.39, 0.29) is 23.1 Å². The molecule has 0 rings (SSSR count). The van der Waals surface area contributed by atoms with Crippen molar-refractivity contribution >= 4 is 35.0 Å². The van der Waals surface area contributed by atoms with Crippen LogP contribution >= 0.6 is 0 Å². The smallest absolute Gasteiger partial charge is 0.550 e. The van der Waals surface area contributed by atoms with Gasteiger partial charge >= 0.3 is 23.1 Å². The summed E-state index contributed by atoms with van der Waals surface area (Å²) in [6, 6.07) is 0. The normalized spacial score (nSPS) is 7.60. The number of carbonyl (C=O) groups excluding carboxylic acids is 2. The molecule has 4 nitrogen and oxygen atoms in total. The van der Waals surface area contributed by atoms with Gasteiger partial charge in [0.15, 0.2) is 0 Å². The largest absolute Gasteiger partial charge is 2.00 e. The van der Waals surface area contributed by atoms with Crippen molar-refractivity contribution in [3.63, 3.8) is 0 Å². The van der Waals surface area contributed by atoms with Crippen molar-refractivity contribution in [2.24, 2.45) is 0 Å². The maximum Gasteiger partial charge on any atom is 2.00 e. The predicted molar refractivity (Wildman–Crippen MR) is 29.5 cm³/mol. The first-order chi connectivity index (χ1) is 4.04. The van der Waals surface area contributed by atoms with Crippen LogP contribution in [-0.2, 0) is 9.59 Å². The molecule has 10 heavy (non-hydrogen) atoms. The number of carbonyl (C=O) groups is 2. The Hall–Kier alpha value is -0.554. The van der Waals surface area contributed by atoms with E-state index in [9.17, 15) is 19.8 Å². The Morgan fingerprint density at radius 1 is 1.30 bits per heavy atom. The Morgan fingerprint density at radius 2 is 1.70 bits per heavy atom. The number of carboxylic acids is 2. The van der Waals surface area contributed by atoms with Gasteiger partial charge in [0.05, 0.1) is 5.97 Å². The summed E-state index contributed by atoms with van der Waals surface area (Å²) in [7, 11) is 0. The molecule has 50 valence electrons. The van der Waals surface area contributed by atoms with Gasteiger partial charge in [-0.1, -0.05) is 6.58 Å². The fraction of sp³-hybridized carbons (Fsp3) is 0.200. The monoisotopic (exact) mass is 152 g/mol. The quantitative estimate of drug-likeness (QED) is 0.320. The fourth-order valence-corrected chi connectivity index (χ4v) is 0.246. The molecule has 0 aromatic rings. The zero-order chi connectivity index (χ0) is 7.44. The number of carboxylic acid groups (broad SMARTS) is 2. The van der Waals surface area contributed by atoms with E-state index >= 15 is 0 Å². The SMILES string of the molecule is C=C(CC(=O)[O-])C(=O)[O-].[Mg+2]. The summed E-state index contributed by atoms with van der Waals surface area (Å²) in [6.45, 7) is 2.91. The van der Waals surface area contributed by atoms with Crippen LogP contribution in [0, 0.1) is 0 Å². The van der Waals surface area contributed by atoms with Gasteiger partial charge in [-0.2, -0.15) is 0 Å². The molecule has 0 unspecified atom stereocenters. The molecule has 0 N–H and O–H groups in total. The first kappa shape index (κ1) is 12.2. The van der Waals surface area contributed by atoms with Crippen molar-refractivity contribution in [1.29, 1.82) is 0 Å². The topological polar surface area (TPSA) is 80.3 Å². The molecule has 0 saturated heterocycles.